The molecule has 28 heavy (non-hydrogen) atoms. The molecule has 0 aromatic heterocycles. The maximum absolute atomic E-state index is 13.2. The van der Waals surface area contributed by atoms with Gasteiger partial charge in [-0.05, 0) is 49.8 Å². The first-order valence-corrected chi connectivity index (χ1v) is 9.85. The van der Waals surface area contributed by atoms with E-state index in [2.05, 4.69) is 46.8 Å². The van der Waals surface area contributed by atoms with Gasteiger partial charge in [-0.25, -0.2) is 0 Å². The van der Waals surface area contributed by atoms with Gasteiger partial charge in [-0.3, -0.25) is 4.79 Å². The average molecular weight is 396 g/mol. The van der Waals surface area contributed by atoms with Crippen molar-refractivity contribution in [2.75, 3.05) is 21.3 Å². The first kappa shape index (κ1) is 24.6. The van der Waals surface area contributed by atoms with E-state index in [1.165, 1.54) is 5.56 Å². The second-order valence-corrected chi connectivity index (χ2v) is 8.80. The molecule has 2 rings (SSSR count). The standard InChI is InChI=1S/C22H29O4P.Li.H/c1-13-9-15(22(3,4)5)10-14(2)20(13)27-21(23)19-17(25-7)11-16(24-6)12-18(19)26-8;;/h9-12,27H,1-8H3;;/q;+1;-1. The molecule has 0 saturated carbocycles. The number of ether oxygens (including phenoxy) is 3. The third-order valence-corrected chi connectivity index (χ3v) is 6.10. The van der Waals surface area contributed by atoms with Crippen LogP contribution in [0, 0.1) is 13.8 Å². The van der Waals surface area contributed by atoms with Crippen molar-refractivity contribution in [1.82, 2.24) is 0 Å². The molecule has 0 radical (unpaired) electrons. The molecule has 4 nitrogen and oxygen atoms in total. The van der Waals surface area contributed by atoms with E-state index in [1.54, 1.807) is 33.5 Å². The average Bonchev–Trinajstić information content (AvgIpc) is 2.62. The molecule has 0 saturated heterocycles. The molecule has 1 atom stereocenters. The van der Waals surface area contributed by atoms with Crippen LogP contribution in [0.3, 0.4) is 0 Å². The fourth-order valence-electron chi connectivity index (χ4n) is 3.00. The van der Waals surface area contributed by atoms with Crippen LogP contribution >= 0.6 is 8.58 Å². The molecule has 0 amide bonds. The topological polar surface area (TPSA) is 44.8 Å². The second kappa shape index (κ2) is 9.84. The SMILES string of the molecule is COc1cc(OC)c(C(=O)Pc2c(C)cc(C(C)(C)C)cc2C)c(OC)c1.[H-].[Li+]. The van der Waals surface area contributed by atoms with Gasteiger partial charge >= 0.3 is 18.9 Å². The fourth-order valence-corrected chi connectivity index (χ4v) is 4.14. The third-order valence-electron chi connectivity index (χ3n) is 4.58. The van der Waals surface area contributed by atoms with Gasteiger partial charge in [-0.1, -0.05) is 32.9 Å². The van der Waals surface area contributed by atoms with Crippen molar-refractivity contribution in [2.24, 2.45) is 0 Å². The van der Waals surface area contributed by atoms with Gasteiger partial charge in [0.05, 0.1) is 21.3 Å². The molecule has 0 spiro atoms. The molecule has 0 bridgehead atoms. The zero-order valence-electron chi connectivity index (χ0n) is 19.4. The van der Waals surface area contributed by atoms with E-state index in [9.17, 15) is 4.79 Å². The molecule has 6 heteroatoms. The molecule has 0 fully saturated rings. The van der Waals surface area contributed by atoms with Crippen LogP contribution in [0.4, 0.5) is 0 Å². The van der Waals surface area contributed by atoms with Crippen LogP contribution in [0.25, 0.3) is 0 Å². The van der Waals surface area contributed by atoms with Gasteiger partial charge in [0.25, 0.3) is 0 Å². The Hall–Kier alpha value is -1.46. The molecule has 2 aromatic rings. The monoisotopic (exact) mass is 396 g/mol. The predicted molar refractivity (Wildman–Crippen MR) is 114 cm³/mol. The minimum Gasteiger partial charge on any atom is -1.00 e. The Morgan fingerprint density at radius 3 is 1.71 bits per heavy atom. The van der Waals surface area contributed by atoms with Gasteiger partial charge in [0, 0.05) is 12.1 Å². The molecule has 0 aliphatic heterocycles. The van der Waals surface area contributed by atoms with Crippen LogP contribution in [0.5, 0.6) is 17.2 Å². The van der Waals surface area contributed by atoms with E-state index in [4.69, 9.17) is 14.2 Å². The Kier molecular flexibility index (Phi) is 8.63. The van der Waals surface area contributed by atoms with Crippen molar-refractivity contribution < 1.29 is 39.3 Å². The first-order chi connectivity index (χ1) is 12.6. The minimum absolute atomic E-state index is 0. The third kappa shape index (κ3) is 5.32. The number of benzene rings is 2. The van der Waals surface area contributed by atoms with Crippen LogP contribution in [0.2, 0.25) is 0 Å². The summed E-state index contributed by atoms with van der Waals surface area (Å²) >= 11 is 0. The summed E-state index contributed by atoms with van der Waals surface area (Å²) in [5.41, 5.74) is 4.07. The van der Waals surface area contributed by atoms with E-state index in [0.717, 1.165) is 16.4 Å². The van der Waals surface area contributed by atoms with Crippen molar-refractivity contribution in [2.45, 2.75) is 40.0 Å². The number of rotatable bonds is 6. The van der Waals surface area contributed by atoms with Crippen LogP contribution < -0.4 is 38.4 Å². The first-order valence-electron chi connectivity index (χ1n) is 8.85. The zero-order valence-corrected chi connectivity index (χ0v) is 19.4. The van der Waals surface area contributed by atoms with Gasteiger partial charge < -0.3 is 15.6 Å². The minimum atomic E-state index is -0.0129. The van der Waals surface area contributed by atoms with Gasteiger partial charge in [0.2, 0.25) is 0 Å². The molecular formula is C22H30LiO4P. The molecule has 1 unspecified atom stereocenters. The Bertz CT molecular complexity index is 814. The van der Waals surface area contributed by atoms with Gasteiger partial charge in [-0.15, -0.1) is 0 Å². The smallest absolute Gasteiger partial charge is 1.00 e. The van der Waals surface area contributed by atoms with Crippen LogP contribution in [0.1, 0.15) is 49.2 Å². The summed E-state index contributed by atoms with van der Waals surface area (Å²) in [6.07, 6.45) is 0. The normalized spacial score (nSPS) is 11.3. The van der Waals surface area contributed by atoms with E-state index in [0.29, 0.717) is 22.8 Å². The van der Waals surface area contributed by atoms with E-state index < -0.39 is 0 Å². The summed E-state index contributed by atoms with van der Waals surface area (Å²) < 4.78 is 16.1. The summed E-state index contributed by atoms with van der Waals surface area (Å²) in [6, 6.07) is 7.79. The summed E-state index contributed by atoms with van der Waals surface area (Å²) in [7, 11) is 4.65. The summed E-state index contributed by atoms with van der Waals surface area (Å²) in [4.78, 5) is 13.2. The maximum atomic E-state index is 13.2. The number of hydrogen-bond donors (Lipinski definition) is 0. The largest absolute Gasteiger partial charge is 1.00 e. The molecule has 0 aliphatic carbocycles. The van der Waals surface area contributed by atoms with E-state index >= 15 is 0 Å². The van der Waals surface area contributed by atoms with Gasteiger partial charge in [-0.2, -0.15) is 0 Å². The van der Waals surface area contributed by atoms with Crippen molar-refractivity contribution in [3.8, 4) is 17.2 Å². The van der Waals surface area contributed by atoms with E-state index in [-0.39, 0.29) is 39.8 Å². The molecule has 148 valence electrons. The second-order valence-electron chi connectivity index (χ2n) is 7.60. The van der Waals surface area contributed by atoms with Crippen molar-refractivity contribution in [1.29, 1.82) is 0 Å². The molecule has 0 heterocycles. The number of hydrogen-bond acceptors (Lipinski definition) is 4. The van der Waals surface area contributed by atoms with Crippen molar-refractivity contribution in [3.63, 3.8) is 0 Å². The van der Waals surface area contributed by atoms with Crippen molar-refractivity contribution >= 4 is 19.4 Å². The maximum Gasteiger partial charge on any atom is 1.00 e. The molecule has 0 N–H and O–H groups in total. The van der Waals surface area contributed by atoms with Crippen LogP contribution in [-0.2, 0) is 5.41 Å². The summed E-state index contributed by atoms with van der Waals surface area (Å²) in [6.45, 7) is 10.7. The summed E-state index contributed by atoms with van der Waals surface area (Å²) in [5, 5.41) is 1.08. The number of methoxy groups -OCH3 is 3. The summed E-state index contributed by atoms with van der Waals surface area (Å²) in [5.74, 6) is 1.51. The van der Waals surface area contributed by atoms with Crippen LogP contribution in [0.15, 0.2) is 24.3 Å². The molecule has 2 aromatic carbocycles. The fraction of sp³-hybridized carbons (Fsp3) is 0.409. The number of carbonyl (C=O) groups excluding carboxylic acids is 1. The van der Waals surface area contributed by atoms with Gasteiger partial charge in [0.1, 0.15) is 22.8 Å². The number of aryl methyl sites for hydroxylation is 2. The Labute approximate surface area is 183 Å². The van der Waals surface area contributed by atoms with Crippen LogP contribution in [-0.4, -0.2) is 26.9 Å². The molecule has 0 aliphatic rings. The Morgan fingerprint density at radius 2 is 1.36 bits per heavy atom. The number of carbonyl (C=O) groups is 1. The Morgan fingerprint density at radius 1 is 0.893 bits per heavy atom. The van der Waals surface area contributed by atoms with Crippen molar-refractivity contribution in [3.05, 3.63) is 46.5 Å². The molecular weight excluding hydrogens is 366 g/mol. The van der Waals surface area contributed by atoms with Gasteiger partial charge in [0.15, 0.2) is 5.52 Å². The predicted octanol–water partition coefficient (Wildman–Crippen LogP) is 1.89. The zero-order chi connectivity index (χ0) is 20.4. The Balaban J connectivity index is 0.00000392. The van der Waals surface area contributed by atoms with E-state index in [1.807, 2.05) is 0 Å². The quantitative estimate of drug-likeness (QED) is 0.553.